The van der Waals surface area contributed by atoms with E-state index in [0.29, 0.717) is 33.4 Å². The molecule has 0 aliphatic rings. The molecule has 0 unspecified atom stereocenters. The highest BCUT2D eigenvalue weighted by Crippen LogP contribution is 2.34. The van der Waals surface area contributed by atoms with E-state index in [0.717, 1.165) is 5.39 Å². The van der Waals surface area contributed by atoms with E-state index in [1.54, 1.807) is 30.3 Å². The predicted octanol–water partition coefficient (Wildman–Crippen LogP) is 4.00. The zero-order valence-corrected chi connectivity index (χ0v) is 17.5. The number of nitrogens with two attached hydrogens (primary N) is 2. The van der Waals surface area contributed by atoms with Crippen LogP contribution in [0.5, 0.6) is 5.75 Å². The minimum atomic E-state index is -1.04. The minimum Gasteiger partial charge on any atom is -0.489 e. The molecule has 4 rings (SSSR count). The molecule has 0 spiro atoms. The van der Waals surface area contributed by atoms with Gasteiger partial charge in [-0.25, -0.2) is 4.39 Å². The number of primary amides is 1. The lowest BCUT2D eigenvalue weighted by Crippen LogP contribution is -2.12. The Balaban J connectivity index is 1.72. The lowest BCUT2D eigenvalue weighted by Gasteiger charge is -2.14. The van der Waals surface area contributed by atoms with Crippen molar-refractivity contribution < 1.29 is 28.2 Å². The van der Waals surface area contributed by atoms with Crippen LogP contribution in [0.15, 0.2) is 65.3 Å². The van der Waals surface area contributed by atoms with Crippen LogP contribution in [-0.4, -0.2) is 17.0 Å². The Kier molecular flexibility index (Phi) is 6.10. The van der Waals surface area contributed by atoms with Gasteiger partial charge in [-0.1, -0.05) is 24.3 Å². The molecule has 0 radical (unpaired) electrons. The Hall–Kier alpha value is -4.17. The summed E-state index contributed by atoms with van der Waals surface area (Å²) in [5.74, 6) is -1.88. The Morgan fingerprint density at radius 3 is 2.58 bits per heavy atom. The molecule has 0 saturated heterocycles. The number of fused-ring (bicyclic) bond motifs is 1. The van der Waals surface area contributed by atoms with Gasteiger partial charge < -0.3 is 25.7 Å². The lowest BCUT2D eigenvalue weighted by molar-refractivity contribution is -0.136. The second-order valence-electron chi connectivity index (χ2n) is 7.51. The predicted molar refractivity (Wildman–Crippen MR) is 120 cm³/mol. The van der Waals surface area contributed by atoms with Crippen molar-refractivity contribution in [3.05, 3.63) is 88.9 Å². The summed E-state index contributed by atoms with van der Waals surface area (Å²) in [6.45, 7) is 0.105. The maximum absolute atomic E-state index is 15.0. The van der Waals surface area contributed by atoms with E-state index >= 15 is 4.39 Å². The summed E-state index contributed by atoms with van der Waals surface area (Å²) in [6, 6.07) is 14.7. The number of rotatable bonds is 8. The average Bonchev–Trinajstić information content (AvgIpc) is 3.26. The maximum atomic E-state index is 15.0. The van der Waals surface area contributed by atoms with Crippen LogP contribution < -0.4 is 16.2 Å². The number of carbonyl (C=O) groups is 2. The summed E-state index contributed by atoms with van der Waals surface area (Å²) >= 11 is 0. The molecule has 168 valence electrons. The van der Waals surface area contributed by atoms with Gasteiger partial charge in [-0.3, -0.25) is 9.59 Å². The van der Waals surface area contributed by atoms with E-state index in [9.17, 15) is 14.7 Å². The van der Waals surface area contributed by atoms with E-state index in [2.05, 4.69) is 0 Å². The fraction of sp³-hybridized carbons (Fsp3) is 0.120. The molecule has 33 heavy (non-hydrogen) atoms. The molecule has 4 aromatic rings. The molecule has 0 aliphatic carbocycles. The maximum Gasteiger partial charge on any atom is 0.307 e. The van der Waals surface area contributed by atoms with Crippen molar-refractivity contribution in [3.63, 3.8) is 0 Å². The number of aliphatic carboxylic acids is 1. The Bertz CT molecular complexity index is 1360. The van der Waals surface area contributed by atoms with Crippen LogP contribution in [0, 0.1) is 5.82 Å². The van der Waals surface area contributed by atoms with Gasteiger partial charge in [-0.05, 0) is 35.9 Å². The van der Waals surface area contributed by atoms with Gasteiger partial charge >= 0.3 is 5.97 Å². The first-order valence-corrected chi connectivity index (χ1v) is 10.1. The molecule has 0 bridgehead atoms. The Morgan fingerprint density at radius 1 is 1.03 bits per heavy atom. The molecule has 7 nitrogen and oxygen atoms in total. The van der Waals surface area contributed by atoms with Crippen LogP contribution in [0.4, 0.5) is 4.39 Å². The van der Waals surface area contributed by atoms with Crippen LogP contribution in [-0.2, 0) is 24.4 Å². The van der Waals surface area contributed by atoms with Crippen LogP contribution in [0.1, 0.15) is 27.0 Å². The van der Waals surface area contributed by atoms with Crippen molar-refractivity contribution in [3.8, 4) is 16.9 Å². The van der Waals surface area contributed by atoms with Gasteiger partial charge in [-0.15, -0.1) is 0 Å². The van der Waals surface area contributed by atoms with Gasteiger partial charge in [0, 0.05) is 39.7 Å². The number of hydrogen-bond acceptors (Lipinski definition) is 5. The minimum absolute atomic E-state index is 0.0428. The third kappa shape index (κ3) is 4.56. The molecule has 1 aromatic heterocycles. The van der Waals surface area contributed by atoms with E-state index in [4.69, 9.17) is 20.6 Å². The third-order valence-corrected chi connectivity index (χ3v) is 5.29. The summed E-state index contributed by atoms with van der Waals surface area (Å²) in [6.07, 6.45) is 1.24. The molecule has 1 heterocycles. The summed E-state index contributed by atoms with van der Waals surface area (Å²) in [5.41, 5.74) is 14.1. The summed E-state index contributed by atoms with van der Waals surface area (Å²) < 4.78 is 26.5. The largest absolute Gasteiger partial charge is 0.489 e. The molecule has 0 saturated carbocycles. The normalized spacial score (nSPS) is 11.0. The molecule has 0 fully saturated rings. The molecule has 5 N–H and O–H groups in total. The molecular weight excluding hydrogens is 427 g/mol. The summed E-state index contributed by atoms with van der Waals surface area (Å²) in [5, 5.41) is 9.93. The fourth-order valence-corrected chi connectivity index (χ4v) is 3.69. The monoisotopic (exact) mass is 448 g/mol. The fourth-order valence-electron chi connectivity index (χ4n) is 3.69. The number of ether oxygens (including phenoxy) is 1. The van der Waals surface area contributed by atoms with Crippen LogP contribution in [0.3, 0.4) is 0 Å². The molecule has 1 amide bonds. The molecular formula is C25H21FN2O5. The van der Waals surface area contributed by atoms with Crippen LogP contribution in [0.2, 0.25) is 0 Å². The SMILES string of the molecule is NCc1cccc(-c2cc(COc3cc(C(N)=O)ccc3CC(=O)O)cc3ccoc23)c1F. The number of hydrogen-bond donors (Lipinski definition) is 3. The third-order valence-electron chi connectivity index (χ3n) is 5.29. The van der Waals surface area contributed by atoms with Crippen molar-refractivity contribution in [2.75, 3.05) is 0 Å². The summed E-state index contributed by atoms with van der Waals surface area (Å²) in [7, 11) is 0. The van der Waals surface area contributed by atoms with Gasteiger partial charge in [0.25, 0.3) is 0 Å². The second kappa shape index (κ2) is 9.13. The van der Waals surface area contributed by atoms with Crippen LogP contribution in [0.25, 0.3) is 22.1 Å². The molecule has 0 aliphatic heterocycles. The highest BCUT2D eigenvalue weighted by molar-refractivity contribution is 5.94. The Morgan fingerprint density at radius 2 is 1.85 bits per heavy atom. The van der Waals surface area contributed by atoms with Crippen LogP contribution >= 0.6 is 0 Å². The first kappa shape index (κ1) is 22.0. The number of benzene rings is 3. The van der Waals surface area contributed by atoms with Gasteiger partial charge in [0.2, 0.25) is 5.91 Å². The Labute approximate surface area is 188 Å². The van der Waals surface area contributed by atoms with Crippen molar-refractivity contribution in [2.45, 2.75) is 19.6 Å². The number of halogens is 1. The molecule has 8 heteroatoms. The zero-order chi connectivity index (χ0) is 23.5. The number of carboxylic acids is 1. The zero-order valence-electron chi connectivity index (χ0n) is 17.5. The van der Waals surface area contributed by atoms with Gasteiger partial charge in [0.05, 0.1) is 12.7 Å². The first-order valence-electron chi connectivity index (χ1n) is 10.1. The van der Waals surface area contributed by atoms with Gasteiger partial charge in [0.15, 0.2) is 0 Å². The van der Waals surface area contributed by atoms with Crippen molar-refractivity contribution in [1.82, 2.24) is 0 Å². The van der Waals surface area contributed by atoms with Gasteiger partial charge in [-0.2, -0.15) is 0 Å². The highest BCUT2D eigenvalue weighted by atomic mass is 19.1. The van der Waals surface area contributed by atoms with E-state index in [-0.39, 0.29) is 30.9 Å². The molecule has 0 atom stereocenters. The van der Waals surface area contributed by atoms with Crippen molar-refractivity contribution in [1.29, 1.82) is 0 Å². The average molecular weight is 448 g/mol. The van der Waals surface area contributed by atoms with Gasteiger partial charge in [0.1, 0.15) is 23.8 Å². The molecule has 3 aromatic carbocycles. The number of carbonyl (C=O) groups excluding carboxylic acids is 1. The number of furan rings is 1. The highest BCUT2D eigenvalue weighted by Gasteiger charge is 2.16. The van der Waals surface area contributed by atoms with Crippen molar-refractivity contribution >= 4 is 22.8 Å². The summed E-state index contributed by atoms with van der Waals surface area (Å²) in [4.78, 5) is 22.8. The van der Waals surface area contributed by atoms with E-state index in [1.807, 2.05) is 6.07 Å². The topological polar surface area (TPSA) is 129 Å². The number of carboxylic acid groups (broad SMARTS) is 1. The first-order chi connectivity index (χ1) is 15.9. The quantitative estimate of drug-likeness (QED) is 0.374. The van der Waals surface area contributed by atoms with Crippen molar-refractivity contribution in [2.24, 2.45) is 11.5 Å². The number of amides is 1. The van der Waals surface area contributed by atoms with E-state index < -0.39 is 17.7 Å². The lowest BCUT2D eigenvalue weighted by atomic mass is 9.98. The van der Waals surface area contributed by atoms with E-state index in [1.165, 1.54) is 24.5 Å². The smallest absolute Gasteiger partial charge is 0.307 e. The second-order valence-corrected chi connectivity index (χ2v) is 7.51. The standard InChI is InChI=1S/C25H21FN2O5/c26-23-18(12-27)2-1-3-19(23)20-9-14(8-16-6-7-32-24(16)20)13-33-21-10-17(25(28)31)5-4-15(21)11-22(29)30/h1-10H,11-13,27H2,(H2,28,31)(H,29,30).